The zero-order valence-electron chi connectivity index (χ0n) is 11.3. The van der Waals surface area contributed by atoms with Crippen LogP contribution in [-0.2, 0) is 9.53 Å². The van der Waals surface area contributed by atoms with Crippen LogP contribution in [0.4, 0.5) is 0 Å². The molecule has 0 aromatic heterocycles. The Morgan fingerprint density at radius 1 is 1.41 bits per heavy atom. The fourth-order valence-corrected chi connectivity index (χ4v) is 1.65. The quantitative estimate of drug-likeness (QED) is 0.599. The van der Waals surface area contributed by atoms with E-state index < -0.39 is 5.54 Å². The van der Waals surface area contributed by atoms with Gasteiger partial charge in [0, 0.05) is 19.8 Å². The fourth-order valence-electron chi connectivity index (χ4n) is 1.65. The minimum absolute atomic E-state index is 0.0570. The molecule has 2 N–H and O–H groups in total. The summed E-state index contributed by atoms with van der Waals surface area (Å²) < 4.78 is 5.51. The van der Waals surface area contributed by atoms with E-state index in [4.69, 9.17) is 4.74 Å². The van der Waals surface area contributed by atoms with E-state index in [0.29, 0.717) is 6.54 Å². The van der Waals surface area contributed by atoms with E-state index in [2.05, 4.69) is 10.6 Å². The first kappa shape index (κ1) is 14.5. The van der Waals surface area contributed by atoms with Crippen LogP contribution in [0.25, 0.3) is 0 Å². The van der Waals surface area contributed by atoms with Crippen molar-refractivity contribution in [3.05, 3.63) is 0 Å². The highest BCUT2D eigenvalue weighted by Gasteiger charge is 2.25. The summed E-state index contributed by atoms with van der Waals surface area (Å²) in [6.07, 6.45) is 3.54. The van der Waals surface area contributed by atoms with Gasteiger partial charge in [0.25, 0.3) is 0 Å². The lowest BCUT2D eigenvalue weighted by Crippen LogP contribution is -2.52. The van der Waals surface area contributed by atoms with Crippen LogP contribution in [0.3, 0.4) is 0 Å². The molecule has 1 aliphatic rings. The molecule has 1 rings (SSSR count). The van der Waals surface area contributed by atoms with Gasteiger partial charge in [0.05, 0.1) is 5.54 Å². The molecule has 0 aliphatic heterocycles. The summed E-state index contributed by atoms with van der Waals surface area (Å²) in [6.45, 7) is 8.93. The standard InChI is InChI=1S/C13H26N2O2/c1-4-15-13(2,3)12(16)14-8-5-9-17-10-11-6-7-11/h11,15H,4-10H2,1-3H3,(H,14,16). The van der Waals surface area contributed by atoms with E-state index in [1.807, 2.05) is 20.8 Å². The maximum absolute atomic E-state index is 11.8. The Hall–Kier alpha value is -0.610. The van der Waals surface area contributed by atoms with Crippen molar-refractivity contribution in [1.29, 1.82) is 0 Å². The monoisotopic (exact) mass is 242 g/mol. The Labute approximate surface area is 104 Å². The molecule has 100 valence electrons. The van der Waals surface area contributed by atoms with Crippen molar-refractivity contribution in [2.24, 2.45) is 5.92 Å². The minimum atomic E-state index is -0.483. The molecular formula is C13H26N2O2. The molecule has 0 aromatic rings. The van der Waals surface area contributed by atoms with Gasteiger partial charge < -0.3 is 15.4 Å². The van der Waals surface area contributed by atoms with Gasteiger partial charge in [0.15, 0.2) is 0 Å². The molecule has 1 aliphatic carbocycles. The zero-order chi connectivity index (χ0) is 12.7. The molecule has 0 radical (unpaired) electrons. The topological polar surface area (TPSA) is 50.4 Å². The van der Waals surface area contributed by atoms with Crippen molar-refractivity contribution in [1.82, 2.24) is 10.6 Å². The van der Waals surface area contributed by atoms with Gasteiger partial charge in [0.2, 0.25) is 5.91 Å². The summed E-state index contributed by atoms with van der Waals surface area (Å²) in [5, 5.41) is 6.08. The largest absolute Gasteiger partial charge is 0.381 e. The van der Waals surface area contributed by atoms with Crippen LogP contribution in [0.1, 0.15) is 40.0 Å². The molecule has 1 saturated carbocycles. The summed E-state index contributed by atoms with van der Waals surface area (Å²) in [5.41, 5.74) is -0.483. The molecule has 4 nitrogen and oxygen atoms in total. The van der Waals surface area contributed by atoms with Crippen LogP contribution in [0, 0.1) is 5.92 Å². The molecule has 0 spiro atoms. The Morgan fingerprint density at radius 2 is 2.12 bits per heavy atom. The van der Waals surface area contributed by atoms with E-state index in [9.17, 15) is 4.79 Å². The maximum atomic E-state index is 11.8. The van der Waals surface area contributed by atoms with Gasteiger partial charge in [-0.25, -0.2) is 0 Å². The highest BCUT2D eigenvalue weighted by molar-refractivity contribution is 5.85. The zero-order valence-corrected chi connectivity index (χ0v) is 11.3. The third kappa shape index (κ3) is 6.03. The van der Waals surface area contributed by atoms with Crippen molar-refractivity contribution in [2.75, 3.05) is 26.3 Å². The Bertz CT molecular complexity index is 238. The van der Waals surface area contributed by atoms with Crippen LogP contribution >= 0.6 is 0 Å². The number of carbonyl (C=O) groups excluding carboxylic acids is 1. The average Bonchev–Trinajstić information content (AvgIpc) is 3.06. The first-order valence-electron chi connectivity index (χ1n) is 6.67. The maximum Gasteiger partial charge on any atom is 0.239 e. The summed E-state index contributed by atoms with van der Waals surface area (Å²) in [7, 11) is 0. The molecule has 0 heterocycles. The van der Waals surface area contributed by atoms with Gasteiger partial charge in [-0.15, -0.1) is 0 Å². The summed E-state index contributed by atoms with van der Waals surface area (Å²) in [6, 6.07) is 0. The number of ether oxygens (including phenoxy) is 1. The molecule has 1 amide bonds. The van der Waals surface area contributed by atoms with E-state index in [1.165, 1.54) is 12.8 Å². The van der Waals surface area contributed by atoms with Crippen LogP contribution < -0.4 is 10.6 Å². The Kier molecular flexibility index (Phi) is 5.92. The van der Waals surface area contributed by atoms with E-state index >= 15 is 0 Å². The lowest BCUT2D eigenvalue weighted by Gasteiger charge is -2.24. The number of nitrogens with one attached hydrogen (secondary N) is 2. The van der Waals surface area contributed by atoms with Gasteiger partial charge in [-0.2, -0.15) is 0 Å². The second-order valence-corrected chi connectivity index (χ2v) is 5.28. The predicted molar refractivity (Wildman–Crippen MR) is 68.9 cm³/mol. The van der Waals surface area contributed by atoms with Gasteiger partial charge >= 0.3 is 0 Å². The van der Waals surface area contributed by atoms with Crippen molar-refractivity contribution in [2.45, 2.75) is 45.6 Å². The second kappa shape index (κ2) is 6.97. The minimum Gasteiger partial charge on any atom is -0.381 e. The molecular weight excluding hydrogens is 216 g/mol. The van der Waals surface area contributed by atoms with Crippen LogP contribution in [0.2, 0.25) is 0 Å². The summed E-state index contributed by atoms with van der Waals surface area (Å²) in [5.74, 6) is 0.874. The number of hydrogen-bond acceptors (Lipinski definition) is 3. The van der Waals surface area contributed by atoms with Crippen LogP contribution in [-0.4, -0.2) is 37.7 Å². The van der Waals surface area contributed by atoms with Crippen molar-refractivity contribution < 1.29 is 9.53 Å². The van der Waals surface area contributed by atoms with Gasteiger partial charge in [-0.3, -0.25) is 4.79 Å². The summed E-state index contributed by atoms with van der Waals surface area (Å²) >= 11 is 0. The van der Waals surface area contributed by atoms with Crippen molar-refractivity contribution in [3.8, 4) is 0 Å². The predicted octanol–water partition coefficient (Wildman–Crippen LogP) is 1.31. The number of carbonyl (C=O) groups is 1. The molecule has 0 atom stereocenters. The molecule has 4 heteroatoms. The van der Waals surface area contributed by atoms with Gasteiger partial charge in [0.1, 0.15) is 0 Å². The third-order valence-corrected chi connectivity index (χ3v) is 2.99. The van der Waals surface area contributed by atoms with Gasteiger partial charge in [-0.1, -0.05) is 6.92 Å². The molecule has 0 saturated heterocycles. The number of likely N-dealkylation sites (N-methyl/N-ethyl adjacent to an activating group) is 1. The molecule has 0 bridgehead atoms. The molecule has 1 fully saturated rings. The van der Waals surface area contributed by atoms with Crippen LogP contribution in [0.5, 0.6) is 0 Å². The number of amides is 1. The van der Waals surface area contributed by atoms with Crippen molar-refractivity contribution >= 4 is 5.91 Å². The summed E-state index contributed by atoms with van der Waals surface area (Å²) in [4.78, 5) is 11.8. The number of hydrogen-bond donors (Lipinski definition) is 2. The number of rotatable bonds is 9. The third-order valence-electron chi connectivity index (χ3n) is 2.99. The Morgan fingerprint density at radius 3 is 2.71 bits per heavy atom. The van der Waals surface area contributed by atoms with Crippen LogP contribution in [0.15, 0.2) is 0 Å². The average molecular weight is 242 g/mol. The Balaban J connectivity index is 1.98. The van der Waals surface area contributed by atoms with E-state index in [1.54, 1.807) is 0 Å². The second-order valence-electron chi connectivity index (χ2n) is 5.28. The first-order chi connectivity index (χ1) is 8.06. The smallest absolute Gasteiger partial charge is 0.239 e. The lowest BCUT2D eigenvalue weighted by molar-refractivity contribution is -0.126. The molecule has 0 unspecified atom stereocenters. The SMILES string of the molecule is CCNC(C)(C)C(=O)NCCCOCC1CC1. The normalized spacial score (nSPS) is 15.9. The highest BCUT2D eigenvalue weighted by Crippen LogP contribution is 2.28. The first-order valence-corrected chi connectivity index (χ1v) is 6.67. The lowest BCUT2D eigenvalue weighted by atomic mass is 10.0. The van der Waals surface area contributed by atoms with Crippen molar-refractivity contribution in [3.63, 3.8) is 0 Å². The molecule has 17 heavy (non-hydrogen) atoms. The highest BCUT2D eigenvalue weighted by atomic mass is 16.5. The fraction of sp³-hybridized carbons (Fsp3) is 0.923. The van der Waals surface area contributed by atoms with Gasteiger partial charge in [-0.05, 0) is 45.6 Å². The molecule has 0 aromatic carbocycles. The van der Waals surface area contributed by atoms with E-state index in [-0.39, 0.29) is 5.91 Å². The van der Waals surface area contributed by atoms with E-state index in [0.717, 1.165) is 32.1 Å².